The van der Waals surface area contributed by atoms with Crippen molar-refractivity contribution in [3.63, 3.8) is 0 Å². The van der Waals surface area contributed by atoms with Crippen molar-refractivity contribution >= 4 is 11.6 Å². The van der Waals surface area contributed by atoms with Crippen molar-refractivity contribution < 1.29 is 9.90 Å². The average molecular weight is 250 g/mol. The minimum atomic E-state index is -0.528. The van der Waals surface area contributed by atoms with Crippen molar-refractivity contribution in [3.05, 3.63) is 29.8 Å². The number of carbonyl (C=O) groups is 1. The van der Waals surface area contributed by atoms with Crippen LogP contribution in [0.1, 0.15) is 25.8 Å². The summed E-state index contributed by atoms with van der Waals surface area (Å²) >= 11 is 0. The summed E-state index contributed by atoms with van der Waals surface area (Å²) in [6.45, 7) is 3.62. The number of benzene rings is 1. The first-order chi connectivity index (χ1) is 8.38. The fourth-order valence-corrected chi connectivity index (χ4v) is 1.61. The second-order valence-electron chi connectivity index (χ2n) is 5.12. The van der Waals surface area contributed by atoms with Crippen molar-refractivity contribution in [2.24, 2.45) is 0 Å². The maximum Gasteiger partial charge on any atom is 0.223 e. The Hall–Kier alpha value is -1.55. The highest BCUT2D eigenvalue weighted by Crippen LogP contribution is 2.16. The number of aliphatic hydroxyl groups is 1. The topological polar surface area (TPSA) is 66.6 Å². The normalized spacial score (nSPS) is 11.3. The van der Waals surface area contributed by atoms with Crippen LogP contribution in [0.25, 0.3) is 0 Å². The molecule has 0 aliphatic heterocycles. The molecule has 1 aromatic carbocycles. The van der Waals surface area contributed by atoms with E-state index in [2.05, 4.69) is 0 Å². The highest BCUT2D eigenvalue weighted by molar-refractivity contribution is 5.77. The molecule has 1 rings (SSSR count). The monoisotopic (exact) mass is 250 g/mol. The van der Waals surface area contributed by atoms with Gasteiger partial charge in [-0.15, -0.1) is 0 Å². The number of para-hydroxylation sites is 1. The molecule has 0 saturated heterocycles. The number of aryl methyl sites for hydroxylation is 1. The first kappa shape index (κ1) is 14.5. The van der Waals surface area contributed by atoms with Crippen LogP contribution >= 0.6 is 0 Å². The number of amides is 1. The minimum absolute atomic E-state index is 0.0114. The van der Waals surface area contributed by atoms with Gasteiger partial charge in [0.2, 0.25) is 5.91 Å². The first-order valence-electron chi connectivity index (χ1n) is 6.09. The molecule has 1 aromatic rings. The Kier molecular flexibility index (Phi) is 4.73. The summed E-state index contributed by atoms with van der Waals surface area (Å²) in [5.41, 5.74) is 7.01. The smallest absolute Gasteiger partial charge is 0.223 e. The highest BCUT2D eigenvalue weighted by atomic mass is 16.3. The van der Waals surface area contributed by atoms with E-state index < -0.39 is 5.54 Å². The molecule has 1 amide bonds. The number of hydrogen-bond donors (Lipinski definition) is 2. The molecule has 100 valence electrons. The molecule has 0 aromatic heterocycles. The van der Waals surface area contributed by atoms with Crippen LogP contribution in [0.4, 0.5) is 5.69 Å². The molecule has 18 heavy (non-hydrogen) atoms. The van der Waals surface area contributed by atoms with Crippen LogP contribution in [-0.2, 0) is 11.2 Å². The molecule has 4 nitrogen and oxygen atoms in total. The van der Waals surface area contributed by atoms with Gasteiger partial charge in [-0.05, 0) is 31.9 Å². The third kappa shape index (κ3) is 3.47. The molecule has 0 aliphatic carbocycles. The first-order valence-corrected chi connectivity index (χ1v) is 6.09. The van der Waals surface area contributed by atoms with E-state index in [-0.39, 0.29) is 12.5 Å². The summed E-state index contributed by atoms with van der Waals surface area (Å²) in [7, 11) is 1.72. The van der Waals surface area contributed by atoms with Gasteiger partial charge >= 0.3 is 0 Å². The highest BCUT2D eigenvalue weighted by Gasteiger charge is 2.26. The second-order valence-corrected chi connectivity index (χ2v) is 5.12. The van der Waals surface area contributed by atoms with Crippen molar-refractivity contribution in [2.45, 2.75) is 32.2 Å². The van der Waals surface area contributed by atoms with E-state index >= 15 is 0 Å². The zero-order valence-corrected chi connectivity index (χ0v) is 11.3. The van der Waals surface area contributed by atoms with Gasteiger partial charge in [0.1, 0.15) is 0 Å². The summed E-state index contributed by atoms with van der Waals surface area (Å²) in [5, 5.41) is 9.23. The lowest BCUT2D eigenvalue weighted by molar-refractivity contribution is -0.135. The van der Waals surface area contributed by atoms with Gasteiger partial charge in [0.15, 0.2) is 0 Å². The SMILES string of the molecule is CN(C(=O)CCc1ccccc1N)C(C)(C)CO. The number of aliphatic hydroxyl groups excluding tert-OH is 1. The van der Waals surface area contributed by atoms with Gasteiger partial charge in [-0.3, -0.25) is 4.79 Å². The van der Waals surface area contributed by atoms with Gasteiger partial charge in [0.05, 0.1) is 12.1 Å². The van der Waals surface area contributed by atoms with Gasteiger partial charge in [-0.2, -0.15) is 0 Å². The van der Waals surface area contributed by atoms with Crippen LogP contribution in [0.2, 0.25) is 0 Å². The lowest BCUT2D eigenvalue weighted by Gasteiger charge is -2.34. The van der Waals surface area contributed by atoms with Crippen molar-refractivity contribution in [1.29, 1.82) is 0 Å². The quantitative estimate of drug-likeness (QED) is 0.777. The van der Waals surface area contributed by atoms with Crippen LogP contribution in [0.3, 0.4) is 0 Å². The Morgan fingerprint density at radius 3 is 2.56 bits per heavy atom. The molecule has 0 aliphatic rings. The summed E-state index contributed by atoms with van der Waals surface area (Å²) in [6, 6.07) is 7.56. The van der Waals surface area contributed by atoms with E-state index in [4.69, 9.17) is 5.73 Å². The van der Waals surface area contributed by atoms with Crippen LogP contribution in [0.5, 0.6) is 0 Å². The predicted molar refractivity (Wildman–Crippen MR) is 73.1 cm³/mol. The van der Waals surface area contributed by atoms with Gasteiger partial charge in [-0.1, -0.05) is 18.2 Å². The van der Waals surface area contributed by atoms with Crippen LogP contribution < -0.4 is 5.73 Å². The number of nitrogen functional groups attached to an aromatic ring is 1. The zero-order valence-electron chi connectivity index (χ0n) is 11.3. The van der Waals surface area contributed by atoms with E-state index in [0.717, 1.165) is 11.3 Å². The molecule has 4 heteroatoms. The molecule has 0 heterocycles. The lowest BCUT2D eigenvalue weighted by Crippen LogP contribution is -2.47. The number of carbonyl (C=O) groups excluding carboxylic acids is 1. The van der Waals surface area contributed by atoms with Gasteiger partial charge in [-0.25, -0.2) is 0 Å². The fourth-order valence-electron chi connectivity index (χ4n) is 1.61. The average Bonchev–Trinajstić information content (AvgIpc) is 2.36. The van der Waals surface area contributed by atoms with Crippen LogP contribution in [0, 0.1) is 0 Å². The number of nitrogens with two attached hydrogens (primary N) is 1. The minimum Gasteiger partial charge on any atom is -0.399 e. The van der Waals surface area contributed by atoms with E-state index in [9.17, 15) is 9.90 Å². The Morgan fingerprint density at radius 1 is 1.39 bits per heavy atom. The number of likely N-dealkylation sites (N-methyl/N-ethyl adjacent to an activating group) is 1. The summed E-state index contributed by atoms with van der Waals surface area (Å²) in [5.74, 6) is 0.0114. The standard InChI is InChI=1S/C14H22N2O2/c1-14(2,10-17)16(3)13(18)9-8-11-6-4-5-7-12(11)15/h4-7,17H,8-10,15H2,1-3H3. The molecule has 0 saturated carbocycles. The summed E-state index contributed by atoms with van der Waals surface area (Å²) < 4.78 is 0. The third-order valence-electron chi connectivity index (χ3n) is 3.33. The molecule has 0 fully saturated rings. The van der Waals surface area contributed by atoms with Crippen LogP contribution in [-0.4, -0.2) is 35.1 Å². The molecular weight excluding hydrogens is 228 g/mol. The molecule has 0 radical (unpaired) electrons. The summed E-state index contributed by atoms with van der Waals surface area (Å²) in [4.78, 5) is 13.6. The lowest BCUT2D eigenvalue weighted by atomic mass is 10.0. The third-order valence-corrected chi connectivity index (χ3v) is 3.33. The maximum absolute atomic E-state index is 12.0. The second kappa shape index (κ2) is 5.87. The van der Waals surface area contributed by atoms with Gasteiger partial charge in [0.25, 0.3) is 0 Å². The number of hydrogen-bond acceptors (Lipinski definition) is 3. The van der Waals surface area contributed by atoms with Crippen molar-refractivity contribution in [3.8, 4) is 0 Å². The van der Waals surface area contributed by atoms with Crippen LogP contribution in [0.15, 0.2) is 24.3 Å². The molecule has 0 unspecified atom stereocenters. The van der Waals surface area contributed by atoms with E-state index in [1.54, 1.807) is 11.9 Å². The Bertz CT molecular complexity index is 416. The largest absolute Gasteiger partial charge is 0.399 e. The molecule has 3 N–H and O–H groups in total. The Labute approximate surface area is 108 Å². The van der Waals surface area contributed by atoms with Gasteiger partial charge < -0.3 is 15.7 Å². The molecular formula is C14H22N2O2. The maximum atomic E-state index is 12.0. The molecule has 0 spiro atoms. The number of anilines is 1. The number of nitrogens with zero attached hydrogens (tertiary/aromatic N) is 1. The number of rotatable bonds is 5. The van der Waals surface area contributed by atoms with Crippen molar-refractivity contribution in [1.82, 2.24) is 4.90 Å². The van der Waals surface area contributed by atoms with E-state index in [1.165, 1.54) is 0 Å². The predicted octanol–water partition coefficient (Wildman–Crippen LogP) is 1.43. The van der Waals surface area contributed by atoms with E-state index in [1.807, 2.05) is 38.1 Å². The van der Waals surface area contributed by atoms with Crippen molar-refractivity contribution in [2.75, 3.05) is 19.4 Å². The summed E-state index contributed by atoms with van der Waals surface area (Å²) in [6.07, 6.45) is 1.02. The molecule has 0 bridgehead atoms. The fraction of sp³-hybridized carbons (Fsp3) is 0.500. The van der Waals surface area contributed by atoms with E-state index in [0.29, 0.717) is 12.8 Å². The zero-order chi connectivity index (χ0) is 13.8. The van der Waals surface area contributed by atoms with Gasteiger partial charge in [0, 0.05) is 19.2 Å². The Balaban J connectivity index is 2.59. The molecule has 0 atom stereocenters. The Morgan fingerprint density at radius 2 is 2.00 bits per heavy atom.